The van der Waals surface area contributed by atoms with Crippen molar-refractivity contribution >= 4 is 10.0 Å². The van der Waals surface area contributed by atoms with E-state index < -0.39 is 10.0 Å². The molecule has 0 aromatic heterocycles. The van der Waals surface area contributed by atoms with Gasteiger partial charge in [-0.2, -0.15) is 0 Å². The van der Waals surface area contributed by atoms with Crippen LogP contribution in [0.4, 0.5) is 0 Å². The van der Waals surface area contributed by atoms with Crippen LogP contribution in [0.5, 0.6) is 0 Å². The SMILES string of the molecule is CCCCCCCN(C)S(C)(=O)=O. The zero-order chi connectivity index (χ0) is 10.3. The van der Waals surface area contributed by atoms with E-state index in [4.69, 9.17) is 0 Å². The molecular weight excluding hydrogens is 186 g/mol. The highest BCUT2D eigenvalue weighted by Gasteiger charge is 2.08. The standard InChI is InChI=1S/C9H21NO2S/c1-4-5-6-7-8-9-10(2)13(3,11)12/h4-9H2,1-3H3. The number of hydrogen-bond donors (Lipinski definition) is 0. The molecule has 0 radical (unpaired) electrons. The summed E-state index contributed by atoms with van der Waals surface area (Å²) < 4.78 is 23.4. The maximum Gasteiger partial charge on any atom is 0.210 e. The first-order chi connectivity index (χ1) is 5.98. The van der Waals surface area contributed by atoms with Crippen LogP contribution in [0.2, 0.25) is 0 Å². The van der Waals surface area contributed by atoms with Crippen molar-refractivity contribution in [2.24, 2.45) is 0 Å². The van der Waals surface area contributed by atoms with E-state index >= 15 is 0 Å². The van der Waals surface area contributed by atoms with Crippen LogP contribution in [0.15, 0.2) is 0 Å². The van der Waals surface area contributed by atoms with Crippen LogP contribution in [-0.2, 0) is 10.0 Å². The lowest BCUT2D eigenvalue weighted by Crippen LogP contribution is -2.26. The normalized spacial score (nSPS) is 12.3. The van der Waals surface area contributed by atoms with Gasteiger partial charge in [0.1, 0.15) is 0 Å². The topological polar surface area (TPSA) is 37.4 Å². The van der Waals surface area contributed by atoms with E-state index in [9.17, 15) is 8.42 Å². The van der Waals surface area contributed by atoms with Gasteiger partial charge in [-0.15, -0.1) is 0 Å². The highest BCUT2D eigenvalue weighted by Crippen LogP contribution is 2.04. The van der Waals surface area contributed by atoms with Gasteiger partial charge in [0.15, 0.2) is 0 Å². The molecule has 0 N–H and O–H groups in total. The number of hydrogen-bond acceptors (Lipinski definition) is 2. The summed E-state index contributed by atoms with van der Waals surface area (Å²) in [6.45, 7) is 2.82. The summed E-state index contributed by atoms with van der Waals surface area (Å²) >= 11 is 0. The minimum Gasteiger partial charge on any atom is -0.213 e. The van der Waals surface area contributed by atoms with Crippen LogP contribution >= 0.6 is 0 Å². The van der Waals surface area contributed by atoms with Crippen LogP contribution in [0.1, 0.15) is 39.0 Å². The summed E-state index contributed by atoms with van der Waals surface area (Å²) in [5.41, 5.74) is 0. The average Bonchev–Trinajstić information content (AvgIpc) is 2.02. The smallest absolute Gasteiger partial charge is 0.210 e. The minimum absolute atomic E-state index is 0.655. The van der Waals surface area contributed by atoms with Crippen LogP contribution in [0, 0.1) is 0 Å². The summed E-state index contributed by atoms with van der Waals surface area (Å²) in [6, 6.07) is 0. The van der Waals surface area contributed by atoms with Crippen molar-refractivity contribution in [3.8, 4) is 0 Å². The Morgan fingerprint density at radius 2 is 1.62 bits per heavy atom. The monoisotopic (exact) mass is 207 g/mol. The van der Waals surface area contributed by atoms with Crippen molar-refractivity contribution in [2.75, 3.05) is 19.8 Å². The molecule has 13 heavy (non-hydrogen) atoms. The van der Waals surface area contributed by atoms with Gasteiger partial charge in [0.05, 0.1) is 6.26 Å². The van der Waals surface area contributed by atoms with E-state index in [1.807, 2.05) is 0 Å². The van der Waals surface area contributed by atoms with Crippen LogP contribution in [0.25, 0.3) is 0 Å². The fourth-order valence-electron chi connectivity index (χ4n) is 1.10. The zero-order valence-corrected chi connectivity index (χ0v) is 9.73. The van der Waals surface area contributed by atoms with Gasteiger partial charge in [-0.3, -0.25) is 0 Å². The first-order valence-corrected chi connectivity index (χ1v) is 6.74. The molecule has 3 nitrogen and oxygen atoms in total. The predicted octanol–water partition coefficient (Wildman–Crippen LogP) is 1.85. The lowest BCUT2D eigenvalue weighted by Gasteiger charge is -2.13. The molecule has 4 heteroatoms. The summed E-state index contributed by atoms with van der Waals surface area (Å²) in [5, 5.41) is 0. The molecule has 80 valence electrons. The number of sulfonamides is 1. The molecule has 0 aliphatic carbocycles. The van der Waals surface area contributed by atoms with Crippen molar-refractivity contribution in [3.63, 3.8) is 0 Å². The number of rotatable bonds is 7. The van der Waals surface area contributed by atoms with Gasteiger partial charge in [0.25, 0.3) is 0 Å². The fraction of sp³-hybridized carbons (Fsp3) is 1.00. The Morgan fingerprint density at radius 1 is 1.08 bits per heavy atom. The third-order valence-corrected chi connectivity index (χ3v) is 3.46. The van der Waals surface area contributed by atoms with Gasteiger partial charge in [0.2, 0.25) is 10.0 Å². The molecule has 0 saturated carbocycles. The second kappa shape index (κ2) is 6.38. The van der Waals surface area contributed by atoms with Crippen molar-refractivity contribution in [1.29, 1.82) is 0 Å². The molecule has 0 bridgehead atoms. The van der Waals surface area contributed by atoms with E-state index in [1.54, 1.807) is 7.05 Å². The maximum atomic E-state index is 11.0. The Labute approximate surface area is 82.2 Å². The third kappa shape index (κ3) is 7.02. The molecule has 0 spiro atoms. The van der Waals surface area contributed by atoms with Gasteiger partial charge in [-0.1, -0.05) is 32.6 Å². The Balaban J connectivity index is 3.44. The second-order valence-corrected chi connectivity index (χ2v) is 5.59. The molecule has 0 saturated heterocycles. The van der Waals surface area contributed by atoms with Gasteiger partial charge in [-0.05, 0) is 6.42 Å². The molecule has 0 atom stereocenters. The lowest BCUT2D eigenvalue weighted by molar-refractivity contribution is 0.454. The van der Waals surface area contributed by atoms with Crippen LogP contribution < -0.4 is 0 Å². The van der Waals surface area contributed by atoms with Crippen molar-refractivity contribution < 1.29 is 8.42 Å². The largest absolute Gasteiger partial charge is 0.213 e. The van der Waals surface area contributed by atoms with Crippen molar-refractivity contribution in [1.82, 2.24) is 4.31 Å². The van der Waals surface area contributed by atoms with Gasteiger partial charge >= 0.3 is 0 Å². The van der Waals surface area contributed by atoms with E-state index in [0.717, 1.165) is 12.8 Å². The molecule has 0 aliphatic heterocycles. The zero-order valence-electron chi connectivity index (χ0n) is 8.91. The Kier molecular flexibility index (Phi) is 6.33. The Hall–Kier alpha value is -0.0900. The number of nitrogens with zero attached hydrogens (tertiary/aromatic N) is 1. The third-order valence-electron chi connectivity index (χ3n) is 2.14. The van der Waals surface area contributed by atoms with Gasteiger partial charge in [-0.25, -0.2) is 12.7 Å². The molecule has 0 aliphatic rings. The Morgan fingerprint density at radius 3 is 2.08 bits per heavy atom. The predicted molar refractivity (Wildman–Crippen MR) is 56.2 cm³/mol. The van der Waals surface area contributed by atoms with Gasteiger partial charge < -0.3 is 0 Å². The summed E-state index contributed by atoms with van der Waals surface area (Å²) in [5.74, 6) is 0. The minimum atomic E-state index is -2.96. The van der Waals surface area contributed by atoms with Crippen molar-refractivity contribution in [2.45, 2.75) is 39.0 Å². The Bertz CT molecular complexity index is 212. The molecule has 0 heterocycles. The molecule has 0 unspecified atom stereocenters. The highest BCUT2D eigenvalue weighted by atomic mass is 32.2. The van der Waals surface area contributed by atoms with E-state index in [0.29, 0.717) is 6.54 Å². The lowest BCUT2D eigenvalue weighted by atomic mass is 10.1. The number of unbranched alkanes of at least 4 members (excludes halogenated alkanes) is 4. The average molecular weight is 207 g/mol. The summed E-state index contributed by atoms with van der Waals surface area (Å²) in [4.78, 5) is 0. The first-order valence-electron chi connectivity index (χ1n) is 4.89. The van der Waals surface area contributed by atoms with E-state index in [2.05, 4.69) is 6.92 Å². The van der Waals surface area contributed by atoms with Crippen LogP contribution in [0.3, 0.4) is 0 Å². The molecular formula is C9H21NO2S. The van der Waals surface area contributed by atoms with Gasteiger partial charge in [0, 0.05) is 13.6 Å². The van der Waals surface area contributed by atoms with E-state index in [1.165, 1.54) is 29.8 Å². The maximum absolute atomic E-state index is 11.0. The molecule has 0 amide bonds. The molecule has 0 rings (SSSR count). The molecule has 0 aromatic rings. The second-order valence-electron chi connectivity index (χ2n) is 3.50. The fourth-order valence-corrected chi connectivity index (χ4v) is 1.56. The van der Waals surface area contributed by atoms with Crippen LogP contribution in [-0.4, -0.2) is 32.6 Å². The summed E-state index contributed by atoms with van der Waals surface area (Å²) in [6.07, 6.45) is 7.05. The highest BCUT2D eigenvalue weighted by molar-refractivity contribution is 7.88. The van der Waals surface area contributed by atoms with E-state index in [-0.39, 0.29) is 0 Å². The first kappa shape index (κ1) is 12.9. The summed E-state index contributed by atoms with van der Waals surface area (Å²) in [7, 11) is -1.33. The van der Waals surface area contributed by atoms with Crippen molar-refractivity contribution in [3.05, 3.63) is 0 Å². The quantitative estimate of drug-likeness (QED) is 0.597. The molecule has 0 fully saturated rings. The molecule has 0 aromatic carbocycles.